The molecule has 2 rings (SSSR count). The van der Waals surface area contributed by atoms with E-state index in [2.05, 4.69) is 58.8 Å². The van der Waals surface area contributed by atoms with Gasteiger partial charge in [0.2, 0.25) is 0 Å². The lowest BCUT2D eigenvalue weighted by molar-refractivity contribution is 0.423. The average Bonchev–Trinajstić information content (AvgIpc) is 2.72. The molecule has 0 bridgehead atoms. The van der Waals surface area contributed by atoms with E-state index in [9.17, 15) is 0 Å². The van der Waals surface area contributed by atoms with E-state index in [0.717, 1.165) is 15.8 Å². The Labute approximate surface area is 121 Å². The molecule has 0 aliphatic rings. The van der Waals surface area contributed by atoms with E-state index in [1.165, 1.54) is 5.56 Å². The molecule has 2 aromatic heterocycles. The zero-order chi connectivity index (χ0) is 13.2. The Morgan fingerprint density at radius 3 is 2.72 bits per heavy atom. The van der Waals surface area contributed by atoms with Crippen LogP contribution in [0, 0.1) is 3.57 Å². The zero-order valence-corrected chi connectivity index (χ0v) is 13.0. The van der Waals surface area contributed by atoms with Crippen molar-refractivity contribution in [2.45, 2.75) is 32.9 Å². The van der Waals surface area contributed by atoms with Gasteiger partial charge in [-0.1, -0.05) is 0 Å². The standard InChI is InChI=1S/C13H17IN4/c1-13(2,3)16-6-10-4-5-15-8-12(10)18-9-11(14)7-17-18/h4-5,7-9,16H,6H2,1-3H3. The predicted octanol–water partition coefficient (Wildman–Crippen LogP) is 2.76. The van der Waals surface area contributed by atoms with Gasteiger partial charge in [0.15, 0.2) is 0 Å². The number of pyridine rings is 1. The molecule has 2 aromatic rings. The van der Waals surface area contributed by atoms with Gasteiger partial charge in [-0.25, -0.2) is 4.68 Å². The van der Waals surface area contributed by atoms with Gasteiger partial charge in [0.25, 0.3) is 0 Å². The Bertz CT molecular complexity index is 528. The number of nitrogens with zero attached hydrogens (tertiary/aromatic N) is 3. The fourth-order valence-electron chi connectivity index (χ4n) is 1.56. The predicted molar refractivity (Wildman–Crippen MR) is 80.7 cm³/mol. The Balaban J connectivity index is 2.26. The van der Waals surface area contributed by atoms with Gasteiger partial charge < -0.3 is 5.32 Å². The highest BCUT2D eigenvalue weighted by atomic mass is 127. The van der Waals surface area contributed by atoms with Gasteiger partial charge in [0.05, 0.1) is 21.7 Å². The molecule has 4 nitrogen and oxygen atoms in total. The van der Waals surface area contributed by atoms with Gasteiger partial charge in [0.1, 0.15) is 0 Å². The van der Waals surface area contributed by atoms with Crippen molar-refractivity contribution in [3.8, 4) is 5.69 Å². The summed E-state index contributed by atoms with van der Waals surface area (Å²) in [5.74, 6) is 0. The van der Waals surface area contributed by atoms with Crippen molar-refractivity contribution in [2.75, 3.05) is 0 Å². The highest BCUT2D eigenvalue weighted by molar-refractivity contribution is 14.1. The molecular weight excluding hydrogens is 339 g/mol. The Morgan fingerprint density at radius 2 is 2.11 bits per heavy atom. The van der Waals surface area contributed by atoms with Gasteiger partial charge in [-0.2, -0.15) is 5.10 Å². The third kappa shape index (κ3) is 3.52. The molecule has 0 fully saturated rings. The molecule has 0 spiro atoms. The lowest BCUT2D eigenvalue weighted by atomic mass is 10.1. The topological polar surface area (TPSA) is 42.7 Å². The number of aromatic nitrogens is 3. The van der Waals surface area contributed by atoms with Gasteiger partial charge in [0, 0.05) is 24.5 Å². The minimum Gasteiger partial charge on any atom is -0.308 e. The first-order valence-electron chi connectivity index (χ1n) is 5.84. The van der Waals surface area contributed by atoms with Crippen molar-refractivity contribution < 1.29 is 0 Å². The normalized spacial score (nSPS) is 11.8. The van der Waals surface area contributed by atoms with Crippen LogP contribution in [0.5, 0.6) is 0 Å². The second-order valence-electron chi connectivity index (χ2n) is 5.21. The fraction of sp³-hybridized carbons (Fsp3) is 0.385. The Morgan fingerprint density at radius 1 is 1.33 bits per heavy atom. The van der Waals surface area contributed by atoms with Crippen molar-refractivity contribution in [2.24, 2.45) is 0 Å². The van der Waals surface area contributed by atoms with Crippen molar-refractivity contribution in [1.29, 1.82) is 0 Å². The quantitative estimate of drug-likeness (QED) is 0.860. The van der Waals surface area contributed by atoms with E-state index in [-0.39, 0.29) is 5.54 Å². The van der Waals surface area contributed by atoms with Crippen LogP contribution in [0.4, 0.5) is 0 Å². The summed E-state index contributed by atoms with van der Waals surface area (Å²) in [4.78, 5) is 4.18. The van der Waals surface area contributed by atoms with E-state index in [0.29, 0.717) is 0 Å². The first-order chi connectivity index (χ1) is 8.46. The summed E-state index contributed by atoms with van der Waals surface area (Å²) in [6.45, 7) is 7.28. The molecule has 18 heavy (non-hydrogen) atoms. The second kappa shape index (κ2) is 5.36. The Hall–Kier alpha value is -0.950. The van der Waals surface area contributed by atoms with Crippen molar-refractivity contribution in [3.63, 3.8) is 0 Å². The fourth-order valence-corrected chi connectivity index (χ4v) is 1.95. The summed E-state index contributed by atoms with van der Waals surface area (Å²) >= 11 is 2.25. The average molecular weight is 356 g/mol. The molecular formula is C13H17IN4. The van der Waals surface area contributed by atoms with Crippen LogP contribution in [0.3, 0.4) is 0 Å². The van der Waals surface area contributed by atoms with Crippen LogP contribution in [0.2, 0.25) is 0 Å². The van der Waals surface area contributed by atoms with Gasteiger partial charge in [-0.15, -0.1) is 0 Å². The molecule has 5 heteroatoms. The first-order valence-corrected chi connectivity index (χ1v) is 6.92. The maximum atomic E-state index is 4.33. The molecule has 2 heterocycles. The molecule has 0 amide bonds. The van der Waals surface area contributed by atoms with Crippen LogP contribution in [-0.2, 0) is 6.54 Å². The molecule has 1 N–H and O–H groups in total. The molecule has 0 saturated carbocycles. The highest BCUT2D eigenvalue weighted by Gasteiger charge is 2.11. The number of hydrogen-bond acceptors (Lipinski definition) is 3. The van der Waals surface area contributed by atoms with Crippen LogP contribution < -0.4 is 5.32 Å². The molecule has 0 aliphatic heterocycles. The number of nitrogens with one attached hydrogen (secondary N) is 1. The smallest absolute Gasteiger partial charge is 0.0874 e. The first kappa shape index (κ1) is 13.5. The third-order valence-electron chi connectivity index (χ3n) is 2.49. The Kier molecular flexibility index (Phi) is 4.01. The van der Waals surface area contributed by atoms with Crippen LogP contribution in [-0.4, -0.2) is 20.3 Å². The summed E-state index contributed by atoms with van der Waals surface area (Å²) in [5.41, 5.74) is 2.32. The minimum atomic E-state index is 0.0963. The summed E-state index contributed by atoms with van der Waals surface area (Å²) in [6.07, 6.45) is 7.51. The molecule has 0 aromatic carbocycles. The minimum absolute atomic E-state index is 0.0963. The molecule has 0 atom stereocenters. The summed E-state index contributed by atoms with van der Waals surface area (Å²) in [5, 5.41) is 7.82. The molecule has 0 unspecified atom stereocenters. The van der Waals surface area contributed by atoms with Crippen LogP contribution in [0.25, 0.3) is 5.69 Å². The van der Waals surface area contributed by atoms with E-state index in [4.69, 9.17) is 0 Å². The van der Waals surface area contributed by atoms with Crippen LogP contribution >= 0.6 is 22.6 Å². The zero-order valence-electron chi connectivity index (χ0n) is 10.8. The third-order valence-corrected chi connectivity index (χ3v) is 3.05. The van der Waals surface area contributed by atoms with Gasteiger partial charge in [-0.3, -0.25) is 4.98 Å². The van der Waals surface area contributed by atoms with Crippen LogP contribution in [0.1, 0.15) is 26.3 Å². The van der Waals surface area contributed by atoms with E-state index in [1.54, 1.807) is 0 Å². The molecule has 0 saturated heterocycles. The molecule has 0 aliphatic carbocycles. The number of rotatable bonds is 3. The van der Waals surface area contributed by atoms with Crippen molar-refractivity contribution in [3.05, 3.63) is 40.0 Å². The number of halogens is 1. The largest absolute Gasteiger partial charge is 0.308 e. The maximum Gasteiger partial charge on any atom is 0.0874 e. The van der Waals surface area contributed by atoms with E-state index < -0.39 is 0 Å². The van der Waals surface area contributed by atoms with Crippen molar-refractivity contribution in [1.82, 2.24) is 20.1 Å². The summed E-state index contributed by atoms with van der Waals surface area (Å²) < 4.78 is 2.99. The lowest BCUT2D eigenvalue weighted by Gasteiger charge is -2.21. The van der Waals surface area contributed by atoms with E-state index >= 15 is 0 Å². The number of hydrogen-bond donors (Lipinski definition) is 1. The maximum absolute atomic E-state index is 4.33. The second-order valence-corrected chi connectivity index (χ2v) is 6.46. The van der Waals surface area contributed by atoms with Crippen LogP contribution in [0.15, 0.2) is 30.9 Å². The lowest BCUT2D eigenvalue weighted by Crippen LogP contribution is -2.35. The van der Waals surface area contributed by atoms with Gasteiger partial charge >= 0.3 is 0 Å². The SMILES string of the molecule is CC(C)(C)NCc1ccncc1-n1cc(I)cn1. The van der Waals surface area contributed by atoms with E-state index in [1.807, 2.05) is 35.5 Å². The molecule has 96 valence electrons. The van der Waals surface area contributed by atoms with Gasteiger partial charge in [-0.05, 0) is 55.0 Å². The highest BCUT2D eigenvalue weighted by Crippen LogP contribution is 2.15. The molecule has 0 radical (unpaired) electrons. The van der Waals surface area contributed by atoms with Crippen molar-refractivity contribution >= 4 is 22.6 Å². The summed E-state index contributed by atoms with van der Waals surface area (Å²) in [7, 11) is 0. The summed E-state index contributed by atoms with van der Waals surface area (Å²) in [6, 6.07) is 2.03. The monoisotopic (exact) mass is 356 g/mol.